The van der Waals surface area contributed by atoms with E-state index < -0.39 is 29.6 Å². The highest BCUT2D eigenvalue weighted by Gasteiger charge is 2.72. The number of hydrogen-bond acceptors (Lipinski definition) is 6. The number of fused-ring (bicyclic) bond motifs is 1. The van der Waals surface area contributed by atoms with E-state index in [1.54, 1.807) is 16.7 Å². The number of carbonyl (C=O) groups is 3. The van der Waals surface area contributed by atoms with Gasteiger partial charge in [0, 0.05) is 35.8 Å². The van der Waals surface area contributed by atoms with Crippen molar-refractivity contribution >= 4 is 35.2 Å². The first-order valence-electron chi connectivity index (χ1n) is 16.4. The predicted octanol–water partition coefficient (Wildman–Crippen LogP) is 4.70. The summed E-state index contributed by atoms with van der Waals surface area (Å²) < 4.78 is 6.59. The highest BCUT2D eigenvalue weighted by molar-refractivity contribution is 7.98. The summed E-state index contributed by atoms with van der Waals surface area (Å²) in [6, 6.07) is 7.50. The summed E-state index contributed by atoms with van der Waals surface area (Å²) in [5, 5.41) is 6.43. The van der Waals surface area contributed by atoms with E-state index in [4.69, 9.17) is 4.74 Å². The van der Waals surface area contributed by atoms with Crippen molar-refractivity contribution in [1.82, 2.24) is 15.1 Å². The Morgan fingerprint density at radius 1 is 1.09 bits per heavy atom. The minimum Gasteiger partial charge on any atom is -0.359 e. The third kappa shape index (κ3) is 5.54. The van der Waals surface area contributed by atoms with E-state index in [2.05, 4.69) is 36.3 Å². The van der Waals surface area contributed by atoms with Crippen molar-refractivity contribution in [2.24, 2.45) is 23.7 Å². The Kier molecular flexibility index (Phi) is 8.96. The second-order valence-electron chi connectivity index (χ2n) is 13.4. The van der Waals surface area contributed by atoms with Crippen LogP contribution in [0.5, 0.6) is 0 Å². The molecule has 1 spiro atoms. The molecule has 2 bridgehead atoms. The van der Waals surface area contributed by atoms with E-state index in [0.717, 1.165) is 43.7 Å². The van der Waals surface area contributed by atoms with Crippen LogP contribution >= 0.6 is 11.8 Å². The Bertz CT molecular complexity index is 1260. The zero-order chi connectivity index (χ0) is 30.3. The van der Waals surface area contributed by atoms with Crippen molar-refractivity contribution in [1.29, 1.82) is 0 Å². The number of anilines is 1. The number of nitrogens with zero attached hydrogens (tertiary/aromatic N) is 2. The molecule has 1 aliphatic carbocycles. The number of rotatable bonds is 9. The van der Waals surface area contributed by atoms with Gasteiger partial charge >= 0.3 is 0 Å². The molecule has 4 aliphatic heterocycles. The fourth-order valence-electron chi connectivity index (χ4n) is 8.53. The van der Waals surface area contributed by atoms with Gasteiger partial charge in [0.2, 0.25) is 17.7 Å². The fourth-order valence-corrected chi connectivity index (χ4v) is 8.99. The van der Waals surface area contributed by atoms with Crippen LogP contribution in [0.3, 0.4) is 0 Å². The van der Waals surface area contributed by atoms with Crippen molar-refractivity contribution in [3.63, 3.8) is 0 Å². The SMILES string of the molecule is CC[C@@H]1CCCCN1CCN1C(=O)[C@@H]2[C@H](C(=O)Nc3cccc(SC)c3)[C@@H]3C=C[C@@]2(O3)[C@@H]1C(=O)N[C@@H]1CCC[C@@H](C)[C@H]1C. The van der Waals surface area contributed by atoms with Gasteiger partial charge in [-0.25, -0.2) is 0 Å². The molecule has 43 heavy (non-hydrogen) atoms. The molecule has 9 atom stereocenters. The topological polar surface area (TPSA) is 91.0 Å². The predicted molar refractivity (Wildman–Crippen MR) is 170 cm³/mol. The Balaban J connectivity index is 1.28. The van der Waals surface area contributed by atoms with Crippen molar-refractivity contribution in [3.05, 3.63) is 36.4 Å². The first-order valence-corrected chi connectivity index (χ1v) is 17.7. The molecule has 0 aromatic heterocycles. The molecule has 0 radical (unpaired) electrons. The van der Waals surface area contributed by atoms with Crippen LogP contribution in [0.4, 0.5) is 5.69 Å². The maximum atomic E-state index is 14.4. The second-order valence-corrected chi connectivity index (χ2v) is 14.3. The number of likely N-dealkylation sites (tertiary alicyclic amines) is 2. The molecule has 0 unspecified atom stereocenters. The molecular weight excluding hydrogens is 560 g/mol. The maximum absolute atomic E-state index is 14.4. The van der Waals surface area contributed by atoms with Crippen molar-refractivity contribution in [3.8, 4) is 0 Å². The summed E-state index contributed by atoms with van der Waals surface area (Å²) in [5.41, 5.74) is -0.435. The van der Waals surface area contributed by atoms with Crippen molar-refractivity contribution in [2.75, 3.05) is 31.2 Å². The standard InChI is InChI=1S/C34H48N4O4S/c1-5-24-12-6-7-17-37(24)18-19-38-30(32(40)36-26-14-8-10-21(2)22(26)3)34-16-15-27(42-34)28(29(34)33(38)41)31(39)35-23-11-9-13-25(20-23)43-4/h9,11,13,15-16,20-22,24,26-30H,5-8,10,12,14,17-19H2,1-4H3,(H,35,39)(H,36,40)/t21-,22-,24-,26-,27+,28-,29+,30+,34+/m1/s1. The number of carbonyl (C=O) groups excluding carboxylic acids is 3. The third-order valence-corrected chi connectivity index (χ3v) is 11.9. The highest BCUT2D eigenvalue weighted by atomic mass is 32.2. The average molecular weight is 609 g/mol. The number of nitrogens with one attached hydrogen (secondary N) is 2. The van der Waals surface area contributed by atoms with Crippen LogP contribution in [0, 0.1) is 23.7 Å². The lowest BCUT2D eigenvalue weighted by Crippen LogP contribution is -2.58. The summed E-state index contributed by atoms with van der Waals surface area (Å²) in [5.74, 6) is -1.04. The van der Waals surface area contributed by atoms with Gasteiger partial charge in [0.25, 0.3) is 0 Å². The molecule has 9 heteroatoms. The van der Waals surface area contributed by atoms with Crippen LogP contribution < -0.4 is 10.6 Å². The summed E-state index contributed by atoms with van der Waals surface area (Å²) in [6.45, 7) is 8.90. The summed E-state index contributed by atoms with van der Waals surface area (Å²) in [4.78, 5) is 47.9. The number of benzene rings is 1. The minimum absolute atomic E-state index is 0.0700. The molecule has 2 N–H and O–H groups in total. The fraction of sp³-hybridized carbons (Fsp3) is 0.676. The molecule has 8 nitrogen and oxygen atoms in total. The van der Waals surface area contributed by atoms with Gasteiger partial charge in [0.1, 0.15) is 11.6 Å². The Morgan fingerprint density at radius 3 is 2.72 bits per heavy atom. The molecule has 3 saturated heterocycles. The summed E-state index contributed by atoms with van der Waals surface area (Å²) in [6.07, 6.45) is 13.1. The summed E-state index contributed by atoms with van der Waals surface area (Å²) >= 11 is 1.61. The lowest BCUT2D eigenvalue weighted by atomic mass is 9.73. The van der Waals surface area contributed by atoms with Gasteiger partial charge in [-0.2, -0.15) is 0 Å². The van der Waals surface area contributed by atoms with Gasteiger partial charge < -0.3 is 20.3 Å². The number of piperidine rings is 1. The smallest absolute Gasteiger partial charge is 0.246 e. The Labute approximate surface area is 260 Å². The lowest BCUT2D eigenvalue weighted by molar-refractivity contribution is -0.142. The highest BCUT2D eigenvalue weighted by Crippen LogP contribution is 2.55. The van der Waals surface area contributed by atoms with Gasteiger partial charge in [0.05, 0.1) is 17.9 Å². The van der Waals surface area contributed by atoms with E-state index in [9.17, 15) is 14.4 Å². The van der Waals surface area contributed by atoms with Crippen LogP contribution in [0.25, 0.3) is 0 Å². The second kappa shape index (κ2) is 12.6. The molecule has 1 saturated carbocycles. The monoisotopic (exact) mass is 608 g/mol. The molecule has 6 rings (SSSR count). The van der Waals surface area contributed by atoms with Crippen LogP contribution in [-0.2, 0) is 19.1 Å². The maximum Gasteiger partial charge on any atom is 0.246 e. The summed E-state index contributed by atoms with van der Waals surface area (Å²) in [7, 11) is 0. The number of thioether (sulfide) groups is 1. The first kappa shape index (κ1) is 30.7. The molecule has 5 aliphatic rings. The van der Waals surface area contributed by atoms with Gasteiger partial charge in [-0.3, -0.25) is 19.3 Å². The average Bonchev–Trinajstić information content (AvgIpc) is 3.65. The molecule has 3 amide bonds. The van der Waals surface area contributed by atoms with E-state index in [0.29, 0.717) is 30.1 Å². The van der Waals surface area contributed by atoms with Gasteiger partial charge in [-0.1, -0.05) is 58.3 Å². The molecule has 1 aromatic carbocycles. The van der Waals surface area contributed by atoms with Gasteiger partial charge in [-0.15, -0.1) is 11.8 Å². The Morgan fingerprint density at radius 2 is 1.93 bits per heavy atom. The molecule has 4 heterocycles. The zero-order valence-electron chi connectivity index (χ0n) is 26.1. The number of amides is 3. The van der Waals surface area contributed by atoms with E-state index in [1.165, 1.54) is 19.3 Å². The number of ether oxygens (including phenoxy) is 1. The quantitative estimate of drug-likeness (QED) is 0.312. The van der Waals surface area contributed by atoms with Crippen LogP contribution in [0.15, 0.2) is 41.3 Å². The first-order chi connectivity index (χ1) is 20.8. The van der Waals surface area contributed by atoms with E-state index in [1.807, 2.05) is 42.7 Å². The molecular formula is C34H48N4O4S. The van der Waals surface area contributed by atoms with Gasteiger partial charge in [0.15, 0.2) is 0 Å². The van der Waals surface area contributed by atoms with Crippen molar-refractivity contribution < 1.29 is 19.1 Å². The lowest BCUT2D eigenvalue weighted by Gasteiger charge is -2.39. The number of hydrogen-bond donors (Lipinski definition) is 2. The Hall–Kier alpha value is -2.36. The van der Waals surface area contributed by atoms with Crippen LogP contribution in [-0.4, -0.2) is 83.2 Å². The zero-order valence-corrected chi connectivity index (χ0v) is 26.9. The largest absolute Gasteiger partial charge is 0.359 e. The van der Waals surface area contributed by atoms with Gasteiger partial charge in [-0.05, 0) is 68.5 Å². The normalized spacial score (nSPS) is 37.0. The van der Waals surface area contributed by atoms with Crippen molar-refractivity contribution in [2.45, 2.75) is 100 Å². The van der Waals surface area contributed by atoms with Crippen LogP contribution in [0.1, 0.15) is 65.7 Å². The third-order valence-electron chi connectivity index (χ3n) is 11.1. The van der Waals surface area contributed by atoms with E-state index >= 15 is 0 Å². The molecule has 1 aromatic rings. The van der Waals surface area contributed by atoms with Crippen LogP contribution in [0.2, 0.25) is 0 Å². The van der Waals surface area contributed by atoms with E-state index in [-0.39, 0.29) is 23.8 Å². The minimum atomic E-state index is -1.13. The molecule has 234 valence electrons. The molecule has 4 fully saturated rings.